The first-order chi connectivity index (χ1) is 11.9. The molecule has 3 aromatic rings. The molecule has 8 heteroatoms. The van der Waals surface area contributed by atoms with Gasteiger partial charge in [0.15, 0.2) is 0 Å². The summed E-state index contributed by atoms with van der Waals surface area (Å²) in [6, 6.07) is 8.17. The number of carbonyl (C=O) groups is 1. The molecule has 0 saturated carbocycles. The summed E-state index contributed by atoms with van der Waals surface area (Å²) >= 11 is 3.13. The van der Waals surface area contributed by atoms with E-state index in [1.54, 1.807) is 6.07 Å². The Bertz CT molecular complexity index is 1040. The van der Waals surface area contributed by atoms with Crippen LogP contribution < -0.4 is 5.56 Å². The van der Waals surface area contributed by atoms with Crippen molar-refractivity contribution in [2.75, 3.05) is 0 Å². The fourth-order valence-electron chi connectivity index (χ4n) is 2.67. The normalized spacial score (nSPS) is 12.3. The quantitative estimate of drug-likeness (QED) is 0.692. The van der Waals surface area contributed by atoms with Crippen molar-refractivity contribution >= 4 is 32.7 Å². The van der Waals surface area contributed by atoms with Crippen LogP contribution in [0.2, 0.25) is 0 Å². The number of aromatic amines is 1. The maximum atomic E-state index is 14.1. The van der Waals surface area contributed by atoms with Crippen molar-refractivity contribution in [3.8, 4) is 0 Å². The second kappa shape index (κ2) is 6.72. The van der Waals surface area contributed by atoms with Gasteiger partial charge in [-0.3, -0.25) is 9.59 Å². The molecular weight excluding hydrogens is 398 g/mol. The molecule has 5 nitrogen and oxygen atoms in total. The Morgan fingerprint density at radius 2 is 2.00 bits per heavy atom. The minimum atomic E-state index is -1.26. The highest BCUT2D eigenvalue weighted by Gasteiger charge is 2.27. The van der Waals surface area contributed by atoms with Crippen LogP contribution in [0.5, 0.6) is 0 Å². The number of rotatable bonds is 4. The lowest BCUT2D eigenvalue weighted by molar-refractivity contribution is -0.138. The van der Waals surface area contributed by atoms with Gasteiger partial charge in [0.05, 0.1) is 11.1 Å². The zero-order valence-electron chi connectivity index (χ0n) is 12.6. The van der Waals surface area contributed by atoms with Crippen LogP contribution in [0.15, 0.2) is 45.7 Å². The third kappa shape index (κ3) is 3.30. The Balaban J connectivity index is 2.15. The number of carboxylic acid groups (broad SMARTS) is 1. The summed E-state index contributed by atoms with van der Waals surface area (Å²) in [7, 11) is 0. The molecule has 1 atom stereocenters. The molecule has 0 amide bonds. The maximum absolute atomic E-state index is 14.1. The minimum Gasteiger partial charge on any atom is -0.481 e. The van der Waals surface area contributed by atoms with E-state index in [2.05, 4.69) is 26.1 Å². The van der Waals surface area contributed by atoms with Crippen LogP contribution in [0.3, 0.4) is 0 Å². The van der Waals surface area contributed by atoms with Crippen LogP contribution in [0.25, 0.3) is 10.8 Å². The van der Waals surface area contributed by atoms with E-state index in [0.29, 0.717) is 4.47 Å². The number of benzene rings is 2. The van der Waals surface area contributed by atoms with Gasteiger partial charge in [0.1, 0.15) is 17.6 Å². The Hall–Kier alpha value is -2.61. The number of hydrogen-bond acceptors (Lipinski definition) is 3. The summed E-state index contributed by atoms with van der Waals surface area (Å²) in [6.07, 6.45) is -0.195. The Morgan fingerprint density at radius 3 is 2.68 bits per heavy atom. The molecule has 1 unspecified atom stereocenters. The number of fused-ring (bicyclic) bond motifs is 1. The van der Waals surface area contributed by atoms with Crippen molar-refractivity contribution in [3.63, 3.8) is 0 Å². The van der Waals surface area contributed by atoms with E-state index in [1.807, 2.05) is 0 Å². The number of aromatic nitrogens is 2. The largest absolute Gasteiger partial charge is 0.481 e. The molecule has 0 aliphatic heterocycles. The molecule has 0 saturated heterocycles. The Kier molecular flexibility index (Phi) is 4.63. The van der Waals surface area contributed by atoms with Gasteiger partial charge in [-0.05, 0) is 30.2 Å². The maximum Gasteiger partial charge on any atom is 0.313 e. The zero-order chi connectivity index (χ0) is 18.1. The van der Waals surface area contributed by atoms with Gasteiger partial charge in [0.2, 0.25) is 0 Å². The van der Waals surface area contributed by atoms with E-state index < -0.39 is 29.1 Å². The lowest BCUT2D eigenvalue weighted by Crippen LogP contribution is -2.21. The van der Waals surface area contributed by atoms with Crippen molar-refractivity contribution < 1.29 is 18.7 Å². The van der Waals surface area contributed by atoms with Crippen molar-refractivity contribution in [2.45, 2.75) is 12.3 Å². The van der Waals surface area contributed by atoms with E-state index in [0.717, 1.165) is 6.07 Å². The first-order valence-electron chi connectivity index (χ1n) is 7.22. The van der Waals surface area contributed by atoms with E-state index in [1.165, 1.54) is 24.3 Å². The second-order valence-corrected chi connectivity index (χ2v) is 6.35. The highest BCUT2D eigenvalue weighted by atomic mass is 79.9. The number of H-pyrrole nitrogens is 1. The molecule has 1 aromatic heterocycles. The van der Waals surface area contributed by atoms with Gasteiger partial charge < -0.3 is 5.11 Å². The highest BCUT2D eigenvalue weighted by Crippen LogP contribution is 2.27. The number of hydrogen-bond donors (Lipinski definition) is 2. The Labute approximate surface area is 148 Å². The van der Waals surface area contributed by atoms with E-state index >= 15 is 0 Å². The number of nitrogens with one attached hydrogen (secondary N) is 1. The lowest BCUT2D eigenvalue weighted by Gasteiger charge is -2.14. The molecule has 0 aliphatic rings. The summed E-state index contributed by atoms with van der Waals surface area (Å²) in [5, 5.41) is 15.3. The molecule has 0 fully saturated rings. The number of halogens is 3. The van der Waals surface area contributed by atoms with Crippen LogP contribution in [0, 0.1) is 11.6 Å². The van der Waals surface area contributed by atoms with Crippen LogP contribution in [-0.4, -0.2) is 21.3 Å². The van der Waals surface area contributed by atoms with Gasteiger partial charge in [0, 0.05) is 9.86 Å². The first-order valence-corrected chi connectivity index (χ1v) is 8.01. The summed E-state index contributed by atoms with van der Waals surface area (Å²) in [5.41, 5.74) is -0.604. The summed E-state index contributed by atoms with van der Waals surface area (Å²) in [4.78, 5) is 23.6. The fraction of sp³-hybridized carbons (Fsp3) is 0.118. The molecule has 2 aromatic carbocycles. The zero-order valence-corrected chi connectivity index (χ0v) is 14.2. The monoisotopic (exact) mass is 408 g/mol. The van der Waals surface area contributed by atoms with Gasteiger partial charge in [-0.15, -0.1) is 0 Å². The van der Waals surface area contributed by atoms with Crippen molar-refractivity contribution in [1.29, 1.82) is 0 Å². The lowest BCUT2D eigenvalue weighted by atomic mass is 9.93. The number of carboxylic acids is 1. The van der Waals surface area contributed by atoms with E-state index in [9.17, 15) is 23.5 Å². The van der Waals surface area contributed by atoms with Gasteiger partial charge in [-0.2, -0.15) is 5.10 Å². The second-order valence-electron chi connectivity index (χ2n) is 5.43. The predicted molar refractivity (Wildman–Crippen MR) is 90.5 cm³/mol. The highest BCUT2D eigenvalue weighted by molar-refractivity contribution is 9.10. The third-order valence-corrected chi connectivity index (χ3v) is 4.36. The molecule has 3 rings (SSSR count). The standard InChI is InChI=1S/C17H11BrF2N2O3/c18-9-5-4-8(13(20)7-9)6-11(17(24)25)15-10-2-1-3-12(19)14(10)16(23)22-21-15/h1-5,7,11H,6H2,(H,22,23)(H,24,25). The number of aliphatic carboxylic acids is 1. The smallest absolute Gasteiger partial charge is 0.313 e. The van der Waals surface area contributed by atoms with Crippen LogP contribution in [0.1, 0.15) is 17.2 Å². The van der Waals surface area contributed by atoms with Crippen LogP contribution >= 0.6 is 15.9 Å². The molecule has 1 heterocycles. The van der Waals surface area contributed by atoms with Gasteiger partial charge in [-0.25, -0.2) is 13.9 Å². The third-order valence-electron chi connectivity index (χ3n) is 3.86. The van der Waals surface area contributed by atoms with Crippen LogP contribution in [0.4, 0.5) is 8.78 Å². The van der Waals surface area contributed by atoms with Gasteiger partial charge >= 0.3 is 5.97 Å². The summed E-state index contributed by atoms with van der Waals surface area (Å²) in [6.45, 7) is 0. The molecule has 2 N–H and O–H groups in total. The van der Waals surface area contributed by atoms with Gasteiger partial charge in [0.25, 0.3) is 5.56 Å². The molecular formula is C17H11BrF2N2O3. The van der Waals surface area contributed by atoms with Crippen molar-refractivity contribution in [3.05, 3.63) is 74.1 Å². The van der Waals surface area contributed by atoms with Crippen molar-refractivity contribution in [1.82, 2.24) is 10.2 Å². The molecule has 128 valence electrons. The molecule has 0 spiro atoms. The minimum absolute atomic E-state index is 0.0241. The first kappa shape index (κ1) is 17.2. The Morgan fingerprint density at radius 1 is 1.24 bits per heavy atom. The average Bonchev–Trinajstić information content (AvgIpc) is 2.55. The molecule has 0 radical (unpaired) electrons. The van der Waals surface area contributed by atoms with E-state index in [-0.39, 0.29) is 28.5 Å². The SMILES string of the molecule is O=C(O)C(Cc1ccc(Br)cc1F)c1n[nH]c(=O)c2c(F)cccc12. The summed E-state index contributed by atoms with van der Waals surface area (Å²) in [5.74, 6) is -3.86. The van der Waals surface area contributed by atoms with E-state index in [4.69, 9.17) is 0 Å². The van der Waals surface area contributed by atoms with Gasteiger partial charge in [-0.1, -0.05) is 34.1 Å². The average molecular weight is 409 g/mol. The van der Waals surface area contributed by atoms with Crippen LogP contribution in [-0.2, 0) is 11.2 Å². The summed E-state index contributed by atoms with van der Waals surface area (Å²) < 4.78 is 28.6. The number of nitrogens with zero attached hydrogens (tertiary/aromatic N) is 1. The molecule has 0 bridgehead atoms. The fourth-order valence-corrected chi connectivity index (χ4v) is 3.00. The predicted octanol–water partition coefficient (Wildman–Crippen LogP) is 3.37. The molecule has 25 heavy (non-hydrogen) atoms. The molecule has 0 aliphatic carbocycles. The van der Waals surface area contributed by atoms with Crippen molar-refractivity contribution in [2.24, 2.45) is 0 Å². The topological polar surface area (TPSA) is 83.0 Å².